The van der Waals surface area contributed by atoms with Crippen molar-refractivity contribution in [2.45, 2.75) is 37.1 Å². The van der Waals surface area contributed by atoms with Crippen LogP contribution >= 0.6 is 7.92 Å². The van der Waals surface area contributed by atoms with Crippen molar-refractivity contribution in [1.82, 2.24) is 0 Å². The summed E-state index contributed by atoms with van der Waals surface area (Å²) in [6.45, 7) is 0.227. The summed E-state index contributed by atoms with van der Waals surface area (Å²) in [6.07, 6.45) is -37.7. The van der Waals surface area contributed by atoms with Crippen LogP contribution in [0.3, 0.4) is 0 Å². The zero-order chi connectivity index (χ0) is 30.0. The second-order valence-electron chi connectivity index (χ2n) is 7.31. The van der Waals surface area contributed by atoms with E-state index < -0.39 is 101 Å². The number of hydrogen-bond acceptors (Lipinski definition) is 0. The molecular formula is C19H7F18P. The van der Waals surface area contributed by atoms with E-state index >= 15 is 0 Å². The average Bonchev–Trinajstić information content (AvgIpc) is 2.67. The molecule has 0 amide bonds. The maximum Gasteiger partial charge on any atom is 0.417 e. The van der Waals surface area contributed by atoms with Crippen LogP contribution in [0, 0.1) is 0 Å². The van der Waals surface area contributed by atoms with Crippen molar-refractivity contribution in [1.29, 1.82) is 0 Å². The summed E-state index contributed by atoms with van der Waals surface area (Å²) in [7, 11) is -3.74. The normalized spacial score (nSPS) is 14.4. The van der Waals surface area contributed by atoms with Crippen molar-refractivity contribution in [3.05, 3.63) is 57.6 Å². The first-order chi connectivity index (χ1) is 16.6. The van der Waals surface area contributed by atoms with Gasteiger partial charge in [-0.05, 0) is 37.3 Å². The molecule has 0 aliphatic heterocycles. The van der Waals surface area contributed by atoms with Crippen LogP contribution in [-0.4, -0.2) is 6.66 Å². The number of benzene rings is 2. The lowest BCUT2D eigenvalue weighted by molar-refractivity contribution is -0.174. The van der Waals surface area contributed by atoms with Crippen LogP contribution in [0.2, 0.25) is 0 Å². The van der Waals surface area contributed by atoms with Gasteiger partial charge >= 0.3 is 37.1 Å². The Kier molecular flexibility index (Phi) is 7.84. The van der Waals surface area contributed by atoms with Gasteiger partial charge in [-0.3, -0.25) is 0 Å². The van der Waals surface area contributed by atoms with Gasteiger partial charge in [0.15, 0.2) is 0 Å². The van der Waals surface area contributed by atoms with Crippen molar-refractivity contribution < 1.29 is 79.0 Å². The Morgan fingerprint density at radius 3 is 0.789 bits per heavy atom. The zero-order valence-electron chi connectivity index (χ0n) is 17.6. The molecule has 0 aromatic heterocycles. The SMILES string of the molecule is CP(c1ccc(C(F)(F)F)c(C(F)(F)F)c1C(F)(F)F)c1ccc(C(F)(F)F)c(C(F)(F)F)c1C(F)(F)F. The molecule has 2 aromatic rings. The first kappa shape index (κ1) is 31.8. The minimum Gasteiger partial charge on any atom is -0.166 e. The van der Waals surface area contributed by atoms with Gasteiger partial charge in [0.25, 0.3) is 0 Å². The minimum absolute atomic E-state index is 0.227. The second kappa shape index (κ2) is 9.37. The highest BCUT2D eigenvalue weighted by Crippen LogP contribution is 2.52. The fourth-order valence-corrected chi connectivity index (χ4v) is 5.51. The predicted molar refractivity (Wildman–Crippen MR) is 95.0 cm³/mol. The highest BCUT2D eigenvalue weighted by Gasteiger charge is 2.54. The lowest BCUT2D eigenvalue weighted by atomic mass is 9.99. The third kappa shape index (κ3) is 6.25. The Bertz CT molecular complexity index is 1090. The van der Waals surface area contributed by atoms with Gasteiger partial charge in [0, 0.05) is 0 Å². The van der Waals surface area contributed by atoms with Gasteiger partial charge in [-0.15, -0.1) is 0 Å². The molecule has 0 spiro atoms. The lowest BCUT2D eigenvalue weighted by Crippen LogP contribution is -2.33. The first-order valence-corrected chi connectivity index (χ1v) is 10.9. The Hall–Kier alpha value is -2.39. The van der Waals surface area contributed by atoms with Crippen LogP contribution in [0.4, 0.5) is 79.0 Å². The quantitative estimate of drug-likeness (QED) is 0.236. The molecule has 0 N–H and O–H groups in total. The van der Waals surface area contributed by atoms with E-state index in [0.29, 0.717) is 0 Å². The molecule has 0 heterocycles. The third-order valence-corrected chi connectivity index (χ3v) is 7.02. The molecule has 19 heteroatoms. The zero-order valence-corrected chi connectivity index (χ0v) is 18.5. The molecule has 38 heavy (non-hydrogen) atoms. The Morgan fingerprint density at radius 2 is 0.605 bits per heavy atom. The molecule has 0 bridgehead atoms. The molecule has 0 atom stereocenters. The molecule has 2 aromatic carbocycles. The van der Waals surface area contributed by atoms with Crippen LogP contribution in [0.25, 0.3) is 0 Å². The summed E-state index contributed by atoms with van der Waals surface area (Å²) in [4.78, 5) is 0. The Balaban J connectivity index is 3.15. The van der Waals surface area contributed by atoms with E-state index in [-0.39, 0.29) is 18.8 Å². The van der Waals surface area contributed by atoms with Crippen LogP contribution < -0.4 is 10.6 Å². The summed E-state index contributed by atoms with van der Waals surface area (Å²) in [5.41, 5.74) is -18.8. The van der Waals surface area contributed by atoms with Crippen molar-refractivity contribution in [2.75, 3.05) is 6.66 Å². The lowest BCUT2D eigenvalue weighted by Gasteiger charge is -2.29. The molecule has 0 fully saturated rings. The smallest absolute Gasteiger partial charge is 0.166 e. The molecule has 2 rings (SSSR count). The maximum atomic E-state index is 13.7. The van der Waals surface area contributed by atoms with Gasteiger partial charge in [0.05, 0.1) is 33.4 Å². The van der Waals surface area contributed by atoms with E-state index in [9.17, 15) is 79.0 Å². The van der Waals surface area contributed by atoms with Gasteiger partial charge in [-0.2, -0.15) is 79.0 Å². The van der Waals surface area contributed by atoms with Crippen LogP contribution in [0.15, 0.2) is 24.3 Å². The van der Waals surface area contributed by atoms with Gasteiger partial charge in [-0.1, -0.05) is 12.1 Å². The molecule has 0 unspecified atom stereocenters. The topological polar surface area (TPSA) is 0 Å². The fraction of sp³-hybridized carbons (Fsp3) is 0.368. The van der Waals surface area contributed by atoms with Crippen molar-refractivity contribution in [2.24, 2.45) is 0 Å². The summed E-state index contributed by atoms with van der Waals surface area (Å²) < 4.78 is 242. The van der Waals surface area contributed by atoms with Crippen molar-refractivity contribution in [3.63, 3.8) is 0 Å². The van der Waals surface area contributed by atoms with Crippen LogP contribution in [-0.2, 0) is 37.1 Å². The van der Waals surface area contributed by atoms with E-state index in [0.717, 1.165) is 0 Å². The standard InChI is InChI=1S/C19H7F18P/c1-38(8-4-2-6(14(20,21)22)10(16(26,27)28)12(8)18(32,33)34)9-5-3-7(15(23,24)25)11(17(29,30)31)13(9)19(35,36)37/h2-5H,1H3. The van der Waals surface area contributed by atoms with E-state index in [1.165, 1.54) is 0 Å². The molecular weight excluding hydrogens is 601 g/mol. The minimum atomic E-state index is -6.42. The number of alkyl halides is 18. The molecule has 214 valence electrons. The maximum absolute atomic E-state index is 13.7. The third-order valence-electron chi connectivity index (χ3n) is 4.83. The van der Waals surface area contributed by atoms with Gasteiger partial charge < -0.3 is 0 Å². The number of rotatable bonds is 2. The molecule has 0 saturated heterocycles. The number of halogens is 18. The largest absolute Gasteiger partial charge is 0.417 e. The van der Waals surface area contributed by atoms with Crippen molar-refractivity contribution >= 4 is 18.5 Å². The van der Waals surface area contributed by atoms with Gasteiger partial charge in [0.1, 0.15) is 0 Å². The second-order valence-corrected chi connectivity index (χ2v) is 9.39. The summed E-state index contributed by atoms with van der Waals surface area (Å²) in [5, 5.41) is -3.88. The van der Waals surface area contributed by atoms with E-state index in [4.69, 9.17) is 0 Å². The summed E-state index contributed by atoms with van der Waals surface area (Å²) in [6, 6.07) is -1.74. The van der Waals surface area contributed by atoms with Crippen LogP contribution in [0.1, 0.15) is 33.4 Å². The predicted octanol–water partition coefficient (Wildman–Crippen LogP) is 8.86. The molecule has 0 saturated carbocycles. The number of hydrogen-bond donors (Lipinski definition) is 0. The average molecular weight is 608 g/mol. The summed E-state index contributed by atoms with van der Waals surface area (Å²) in [5.74, 6) is 0. The van der Waals surface area contributed by atoms with E-state index in [2.05, 4.69) is 0 Å². The Labute approximate surface area is 200 Å². The van der Waals surface area contributed by atoms with Crippen molar-refractivity contribution in [3.8, 4) is 0 Å². The van der Waals surface area contributed by atoms with Gasteiger partial charge in [0.2, 0.25) is 0 Å². The highest BCUT2D eigenvalue weighted by molar-refractivity contribution is 7.72. The highest BCUT2D eigenvalue weighted by atomic mass is 31.1. The first-order valence-electron chi connectivity index (χ1n) is 9.12. The molecule has 0 aliphatic rings. The molecule has 0 aliphatic carbocycles. The van der Waals surface area contributed by atoms with E-state index in [1.807, 2.05) is 0 Å². The van der Waals surface area contributed by atoms with E-state index in [1.54, 1.807) is 0 Å². The van der Waals surface area contributed by atoms with Gasteiger partial charge in [-0.25, -0.2) is 0 Å². The fourth-order valence-electron chi connectivity index (χ4n) is 3.51. The molecule has 0 radical (unpaired) electrons. The molecule has 0 nitrogen and oxygen atoms in total. The Morgan fingerprint density at radius 1 is 0.368 bits per heavy atom. The van der Waals surface area contributed by atoms with Crippen LogP contribution in [0.5, 0.6) is 0 Å². The summed E-state index contributed by atoms with van der Waals surface area (Å²) >= 11 is 0. The monoisotopic (exact) mass is 608 g/mol.